The smallest absolute Gasteiger partial charge is 0.407 e. The van der Waals surface area contributed by atoms with Crippen LogP contribution in [0.5, 0.6) is 0 Å². The van der Waals surface area contributed by atoms with Crippen LogP contribution in [0.3, 0.4) is 0 Å². The van der Waals surface area contributed by atoms with Gasteiger partial charge in [0.1, 0.15) is 0 Å². The molecule has 1 aliphatic heterocycles. The molecule has 3 nitrogen and oxygen atoms in total. The molecule has 0 aliphatic carbocycles. The van der Waals surface area contributed by atoms with Crippen molar-refractivity contribution in [3.63, 3.8) is 0 Å². The molecule has 0 aromatic heterocycles. The summed E-state index contributed by atoms with van der Waals surface area (Å²) in [7, 11) is 0. The van der Waals surface area contributed by atoms with Gasteiger partial charge in [-0.2, -0.15) is 0 Å². The van der Waals surface area contributed by atoms with E-state index in [0.717, 1.165) is 24.3 Å². The molecule has 0 saturated carbocycles. The summed E-state index contributed by atoms with van der Waals surface area (Å²) >= 11 is 5.84. The lowest BCUT2D eigenvalue weighted by atomic mass is 9.90. The highest BCUT2D eigenvalue weighted by Gasteiger charge is 2.22. The number of piperidine rings is 1. The number of carboxylic acid groups (broad SMARTS) is 1. The Morgan fingerprint density at radius 1 is 1.29 bits per heavy atom. The van der Waals surface area contributed by atoms with Gasteiger partial charge in [-0.1, -0.05) is 23.7 Å². The second-order valence-electron chi connectivity index (χ2n) is 4.54. The third-order valence-electron chi connectivity index (χ3n) is 3.32. The van der Waals surface area contributed by atoms with Crippen LogP contribution in [0.2, 0.25) is 5.02 Å². The molecule has 1 N–H and O–H groups in total. The van der Waals surface area contributed by atoms with Gasteiger partial charge in [0.15, 0.2) is 0 Å². The van der Waals surface area contributed by atoms with Crippen LogP contribution in [0.15, 0.2) is 24.3 Å². The molecule has 1 aliphatic rings. The first kappa shape index (κ1) is 12.2. The minimum atomic E-state index is -0.796. The SMILES string of the molecule is O=C(O)N1CCC(Cc2ccc(Cl)cc2)CC1. The lowest BCUT2D eigenvalue weighted by Crippen LogP contribution is -2.37. The number of amides is 1. The third kappa shape index (κ3) is 3.37. The molecule has 0 bridgehead atoms. The fraction of sp³-hybridized carbons (Fsp3) is 0.462. The predicted octanol–water partition coefficient (Wildman–Crippen LogP) is 3.27. The number of nitrogens with zero attached hydrogens (tertiary/aromatic N) is 1. The Hall–Kier alpha value is -1.22. The van der Waals surface area contributed by atoms with E-state index in [2.05, 4.69) is 0 Å². The molecule has 1 aromatic rings. The molecule has 4 heteroatoms. The van der Waals surface area contributed by atoms with Crippen molar-refractivity contribution in [2.75, 3.05) is 13.1 Å². The number of rotatable bonds is 2. The van der Waals surface area contributed by atoms with Crippen molar-refractivity contribution in [2.45, 2.75) is 19.3 Å². The highest BCUT2D eigenvalue weighted by Crippen LogP contribution is 2.22. The van der Waals surface area contributed by atoms with Crippen molar-refractivity contribution in [3.05, 3.63) is 34.9 Å². The lowest BCUT2D eigenvalue weighted by Gasteiger charge is -2.30. The van der Waals surface area contributed by atoms with Crippen LogP contribution >= 0.6 is 11.6 Å². The summed E-state index contributed by atoms with van der Waals surface area (Å²) in [6, 6.07) is 7.91. The second kappa shape index (κ2) is 5.41. The van der Waals surface area contributed by atoms with Crippen LogP contribution in [0.1, 0.15) is 18.4 Å². The molecule has 17 heavy (non-hydrogen) atoms. The highest BCUT2D eigenvalue weighted by molar-refractivity contribution is 6.30. The van der Waals surface area contributed by atoms with Crippen molar-refractivity contribution < 1.29 is 9.90 Å². The van der Waals surface area contributed by atoms with Gasteiger partial charge in [-0.25, -0.2) is 4.79 Å². The van der Waals surface area contributed by atoms with Crippen molar-refractivity contribution in [1.82, 2.24) is 4.90 Å². The molecule has 0 atom stereocenters. The Labute approximate surface area is 106 Å². The molecule has 0 radical (unpaired) electrons. The Morgan fingerprint density at radius 3 is 2.41 bits per heavy atom. The fourth-order valence-electron chi connectivity index (χ4n) is 2.28. The van der Waals surface area contributed by atoms with Gasteiger partial charge in [-0.3, -0.25) is 0 Å². The summed E-state index contributed by atoms with van der Waals surface area (Å²) in [5, 5.41) is 9.61. The van der Waals surface area contributed by atoms with Crippen LogP contribution in [-0.2, 0) is 6.42 Å². The van der Waals surface area contributed by atoms with E-state index in [9.17, 15) is 4.79 Å². The van der Waals surface area contributed by atoms with Crippen molar-refractivity contribution in [2.24, 2.45) is 5.92 Å². The molecule has 0 spiro atoms. The van der Waals surface area contributed by atoms with Crippen LogP contribution in [0.25, 0.3) is 0 Å². The van der Waals surface area contributed by atoms with E-state index in [4.69, 9.17) is 16.7 Å². The molecule has 2 rings (SSSR count). The van der Waals surface area contributed by atoms with Crippen molar-refractivity contribution in [1.29, 1.82) is 0 Å². The molecular weight excluding hydrogens is 238 g/mol. The summed E-state index contributed by atoms with van der Waals surface area (Å²) < 4.78 is 0. The second-order valence-corrected chi connectivity index (χ2v) is 4.98. The van der Waals surface area contributed by atoms with Gasteiger partial charge in [0.2, 0.25) is 0 Å². The molecule has 1 fully saturated rings. The highest BCUT2D eigenvalue weighted by atomic mass is 35.5. The first-order valence-electron chi connectivity index (χ1n) is 5.87. The number of carbonyl (C=O) groups is 1. The Balaban J connectivity index is 1.85. The minimum Gasteiger partial charge on any atom is -0.465 e. The third-order valence-corrected chi connectivity index (χ3v) is 3.57. The van der Waals surface area contributed by atoms with Crippen LogP contribution in [0.4, 0.5) is 4.79 Å². The van der Waals surface area contributed by atoms with Crippen molar-refractivity contribution in [3.8, 4) is 0 Å². The molecule has 1 saturated heterocycles. The number of halogens is 1. The number of hydrogen-bond acceptors (Lipinski definition) is 1. The predicted molar refractivity (Wildman–Crippen MR) is 67.5 cm³/mol. The maximum atomic E-state index is 10.8. The number of benzene rings is 1. The van der Waals surface area contributed by atoms with E-state index in [-0.39, 0.29) is 0 Å². The lowest BCUT2D eigenvalue weighted by molar-refractivity contribution is 0.124. The molecular formula is C13H16ClNO2. The van der Waals surface area contributed by atoms with Gasteiger partial charge in [0, 0.05) is 18.1 Å². The first-order chi connectivity index (χ1) is 8.15. The zero-order chi connectivity index (χ0) is 12.3. The van der Waals surface area contributed by atoms with E-state index in [1.807, 2.05) is 24.3 Å². The zero-order valence-electron chi connectivity index (χ0n) is 9.60. The summed E-state index contributed by atoms with van der Waals surface area (Å²) in [5.74, 6) is 0.590. The van der Waals surface area contributed by atoms with E-state index in [1.165, 1.54) is 10.5 Å². The molecule has 1 heterocycles. The summed E-state index contributed by atoms with van der Waals surface area (Å²) in [4.78, 5) is 12.3. The van der Waals surface area contributed by atoms with E-state index in [0.29, 0.717) is 19.0 Å². The largest absolute Gasteiger partial charge is 0.465 e. The first-order valence-corrected chi connectivity index (χ1v) is 6.25. The van der Waals surface area contributed by atoms with Crippen LogP contribution in [0, 0.1) is 5.92 Å². The van der Waals surface area contributed by atoms with Gasteiger partial charge < -0.3 is 10.0 Å². The summed E-state index contributed by atoms with van der Waals surface area (Å²) in [6.45, 7) is 1.32. The molecule has 92 valence electrons. The summed E-state index contributed by atoms with van der Waals surface area (Å²) in [6.07, 6.45) is 2.13. The van der Waals surface area contributed by atoms with Crippen molar-refractivity contribution >= 4 is 17.7 Å². The van der Waals surface area contributed by atoms with E-state index < -0.39 is 6.09 Å². The maximum absolute atomic E-state index is 10.8. The molecule has 1 amide bonds. The van der Waals surface area contributed by atoms with E-state index >= 15 is 0 Å². The molecule has 1 aromatic carbocycles. The monoisotopic (exact) mass is 253 g/mol. The minimum absolute atomic E-state index is 0.590. The normalized spacial score (nSPS) is 17.1. The zero-order valence-corrected chi connectivity index (χ0v) is 10.4. The quantitative estimate of drug-likeness (QED) is 0.879. The average molecular weight is 254 g/mol. The fourth-order valence-corrected chi connectivity index (χ4v) is 2.41. The molecule has 0 unspecified atom stereocenters. The van der Waals surface area contributed by atoms with Gasteiger partial charge in [0.25, 0.3) is 0 Å². The standard InChI is InChI=1S/C13H16ClNO2/c14-12-3-1-10(2-4-12)9-11-5-7-15(8-6-11)13(16)17/h1-4,11H,5-9H2,(H,16,17). The Kier molecular flexibility index (Phi) is 3.89. The number of likely N-dealkylation sites (tertiary alicyclic amines) is 1. The van der Waals surface area contributed by atoms with Gasteiger partial charge in [-0.05, 0) is 42.9 Å². The Bertz CT molecular complexity index is 383. The van der Waals surface area contributed by atoms with E-state index in [1.54, 1.807) is 0 Å². The Morgan fingerprint density at radius 2 is 1.88 bits per heavy atom. The maximum Gasteiger partial charge on any atom is 0.407 e. The van der Waals surface area contributed by atoms with Gasteiger partial charge >= 0.3 is 6.09 Å². The van der Waals surface area contributed by atoms with Crippen LogP contribution < -0.4 is 0 Å². The van der Waals surface area contributed by atoms with Gasteiger partial charge in [0.05, 0.1) is 0 Å². The van der Waals surface area contributed by atoms with Crippen LogP contribution in [-0.4, -0.2) is 29.2 Å². The average Bonchev–Trinajstić information content (AvgIpc) is 2.33. The summed E-state index contributed by atoms with van der Waals surface area (Å²) in [5.41, 5.74) is 1.28. The number of hydrogen-bond donors (Lipinski definition) is 1. The topological polar surface area (TPSA) is 40.5 Å². The van der Waals surface area contributed by atoms with Gasteiger partial charge in [-0.15, -0.1) is 0 Å².